The Labute approximate surface area is 249 Å². The van der Waals surface area contributed by atoms with Crippen molar-refractivity contribution in [1.82, 2.24) is 10.0 Å². The van der Waals surface area contributed by atoms with Gasteiger partial charge in [-0.25, -0.2) is 13.1 Å². The first-order valence-corrected chi connectivity index (χ1v) is 17.2. The summed E-state index contributed by atoms with van der Waals surface area (Å²) in [6.45, 7) is 1.99. The van der Waals surface area contributed by atoms with Crippen LogP contribution in [0.4, 0.5) is 0 Å². The number of carbonyl (C=O) groups is 2. The van der Waals surface area contributed by atoms with Gasteiger partial charge in [0.05, 0.1) is 40.9 Å². The van der Waals surface area contributed by atoms with Crippen LogP contribution in [0.5, 0.6) is 0 Å². The second-order valence-electron chi connectivity index (χ2n) is 11.4. The molecule has 1 aliphatic rings. The minimum atomic E-state index is -3.86. The van der Waals surface area contributed by atoms with Gasteiger partial charge in [0.2, 0.25) is 15.9 Å². The Morgan fingerprint density at radius 3 is 2.33 bits per heavy atom. The molecule has 3 aromatic carbocycles. The summed E-state index contributed by atoms with van der Waals surface area (Å²) < 4.78 is 40.1. The number of benzene rings is 3. The molecule has 0 aliphatic heterocycles. The molecule has 1 fully saturated rings. The third-order valence-electron chi connectivity index (χ3n) is 7.86. The first-order chi connectivity index (χ1) is 19.9. The van der Waals surface area contributed by atoms with Crippen LogP contribution in [0, 0.1) is 17.8 Å². The second kappa shape index (κ2) is 13.9. The molecule has 4 N–H and O–H groups in total. The Morgan fingerprint density at radius 2 is 1.67 bits per heavy atom. The fraction of sp³-hybridized carbons (Fsp3) is 0.419. The summed E-state index contributed by atoms with van der Waals surface area (Å²) >= 11 is 0. The molecule has 0 radical (unpaired) electrons. The van der Waals surface area contributed by atoms with Gasteiger partial charge in [0.1, 0.15) is 6.04 Å². The highest BCUT2D eigenvalue weighted by Crippen LogP contribution is 2.39. The zero-order chi connectivity index (χ0) is 30.4. The van der Waals surface area contributed by atoms with Crippen LogP contribution >= 0.6 is 0 Å². The lowest BCUT2D eigenvalue weighted by atomic mass is 9.87. The van der Waals surface area contributed by atoms with E-state index < -0.39 is 56.8 Å². The molecule has 0 spiro atoms. The Balaban J connectivity index is 1.55. The highest BCUT2D eigenvalue weighted by atomic mass is 32.2. The SMILES string of the molecule is CC1CC(CC(O)C(Cc2ccccc2)NC(=O)C(CS(=O)c2ccc3ccccc3c2)NS(C)(=O)=O)C(C(=O)O)C1. The monoisotopic (exact) mass is 614 g/mol. The number of amides is 1. The molecule has 3 aromatic rings. The maximum Gasteiger partial charge on any atom is 0.306 e. The van der Waals surface area contributed by atoms with Gasteiger partial charge in [-0.15, -0.1) is 0 Å². The summed E-state index contributed by atoms with van der Waals surface area (Å²) in [5.41, 5.74) is 0.837. The van der Waals surface area contributed by atoms with Crippen molar-refractivity contribution in [2.45, 2.75) is 55.7 Å². The molecule has 7 unspecified atom stereocenters. The second-order valence-corrected chi connectivity index (χ2v) is 14.6. The van der Waals surface area contributed by atoms with E-state index >= 15 is 0 Å². The first kappa shape index (κ1) is 31.8. The van der Waals surface area contributed by atoms with Gasteiger partial charge < -0.3 is 15.5 Å². The number of hydrogen-bond donors (Lipinski definition) is 4. The molecule has 0 saturated heterocycles. The summed E-state index contributed by atoms with van der Waals surface area (Å²) in [5, 5.41) is 25.7. The van der Waals surface area contributed by atoms with Crippen molar-refractivity contribution in [3.8, 4) is 0 Å². The molecule has 11 heteroatoms. The maximum atomic E-state index is 13.6. The van der Waals surface area contributed by atoms with Crippen LogP contribution in [0.1, 0.15) is 31.7 Å². The quantitative estimate of drug-likeness (QED) is 0.231. The lowest BCUT2D eigenvalue weighted by molar-refractivity contribution is -0.143. The number of carbonyl (C=O) groups excluding carboxylic acids is 1. The Hall–Kier alpha value is -3.12. The number of aliphatic carboxylic acids is 1. The lowest BCUT2D eigenvalue weighted by Gasteiger charge is -2.29. The molecule has 1 amide bonds. The smallest absolute Gasteiger partial charge is 0.306 e. The molecule has 1 aliphatic carbocycles. The van der Waals surface area contributed by atoms with Crippen LogP contribution in [-0.2, 0) is 36.8 Å². The van der Waals surface area contributed by atoms with Gasteiger partial charge in [-0.2, -0.15) is 0 Å². The predicted molar refractivity (Wildman–Crippen MR) is 163 cm³/mol. The minimum Gasteiger partial charge on any atom is -0.481 e. The van der Waals surface area contributed by atoms with Gasteiger partial charge in [-0.05, 0) is 66.0 Å². The molecule has 0 aromatic heterocycles. The molecule has 9 nitrogen and oxygen atoms in total. The number of carboxylic acids is 1. The van der Waals surface area contributed by atoms with Crippen molar-refractivity contribution in [3.63, 3.8) is 0 Å². The summed E-state index contributed by atoms with van der Waals surface area (Å²) in [5.74, 6) is -2.55. The van der Waals surface area contributed by atoms with Crippen molar-refractivity contribution in [2.75, 3.05) is 12.0 Å². The van der Waals surface area contributed by atoms with E-state index in [1.807, 2.05) is 67.6 Å². The van der Waals surface area contributed by atoms with Crippen molar-refractivity contribution in [1.29, 1.82) is 0 Å². The van der Waals surface area contributed by atoms with E-state index in [0.29, 0.717) is 17.7 Å². The number of aliphatic hydroxyl groups excluding tert-OH is 1. The number of nitrogens with one attached hydrogen (secondary N) is 2. The van der Waals surface area contributed by atoms with E-state index in [4.69, 9.17) is 0 Å². The zero-order valence-corrected chi connectivity index (χ0v) is 25.3. The zero-order valence-electron chi connectivity index (χ0n) is 23.7. The van der Waals surface area contributed by atoms with E-state index in [1.165, 1.54) is 0 Å². The first-order valence-electron chi connectivity index (χ1n) is 14.0. The van der Waals surface area contributed by atoms with Crippen molar-refractivity contribution in [2.24, 2.45) is 17.8 Å². The van der Waals surface area contributed by atoms with Crippen molar-refractivity contribution < 1.29 is 32.4 Å². The molecule has 7 atom stereocenters. The molecule has 4 rings (SSSR count). The number of sulfonamides is 1. The Bertz CT molecular complexity index is 1530. The number of hydrogen-bond acceptors (Lipinski definition) is 6. The van der Waals surface area contributed by atoms with Crippen molar-refractivity contribution in [3.05, 3.63) is 78.4 Å². The number of fused-ring (bicyclic) bond motifs is 1. The van der Waals surface area contributed by atoms with E-state index in [9.17, 15) is 32.4 Å². The molecular weight excluding hydrogens is 576 g/mol. The summed E-state index contributed by atoms with van der Waals surface area (Å²) in [4.78, 5) is 25.9. The highest BCUT2D eigenvalue weighted by molar-refractivity contribution is 7.89. The average Bonchev–Trinajstić information content (AvgIpc) is 3.31. The Morgan fingerprint density at radius 1 is 1.00 bits per heavy atom. The lowest BCUT2D eigenvalue weighted by Crippen LogP contribution is -2.55. The molecule has 42 heavy (non-hydrogen) atoms. The fourth-order valence-electron chi connectivity index (χ4n) is 5.85. The van der Waals surface area contributed by atoms with Gasteiger partial charge in [0.15, 0.2) is 0 Å². The molecule has 226 valence electrons. The predicted octanol–water partition coefficient (Wildman–Crippen LogP) is 3.09. The largest absolute Gasteiger partial charge is 0.481 e. The van der Waals surface area contributed by atoms with E-state index in [0.717, 1.165) is 22.6 Å². The van der Waals surface area contributed by atoms with Crippen LogP contribution < -0.4 is 10.0 Å². The third kappa shape index (κ3) is 8.70. The number of aliphatic hydroxyl groups is 1. The van der Waals surface area contributed by atoms with Crippen LogP contribution in [0.25, 0.3) is 10.8 Å². The van der Waals surface area contributed by atoms with Gasteiger partial charge in [0.25, 0.3) is 0 Å². The normalized spacial score (nSPS) is 21.8. The third-order valence-corrected chi connectivity index (χ3v) is 9.99. The molecular formula is C31H38N2O7S2. The summed E-state index contributed by atoms with van der Waals surface area (Å²) in [6.07, 6.45) is 1.44. The highest BCUT2D eigenvalue weighted by Gasteiger charge is 2.39. The van der Waals surface area contributed by atoms with E-state index in [2.05, 4.69) is 10.0 Å². The number of rotatable bonds is 13. The van der Waals surface area contributed by atoms with Gasteiger partial charge in [-0.1, -0.05) is 67.6 Å². The van der Waals surface area contributed by atoms with E-state index in [1.54, 1.807) is 12.1 Å². The van der Waals surface area contributed by atoms with Crippen LogP contribution in [0.2, 0.25) is 0 Å². The summed E-state index contributed by atoms with van der Waals surface area (Å²) in [6, 6.07) is 19.8. The number of carboxylic acid groups (broad SMARTS) is 1. The molecule has 1 saturated carbocycles. The maximum absolute atomic E-state index is 13.6. The van der Waals surface area contributed by atoms with Crippen LogP contribution in [0.3, 0.4) is 0 Å². The van der Waals surface area contributed by atoms with Crippen LogP contribution in [-0.4, -0.2) is 64.9 Å². The van der Waals surface area contributed by atoms with Gasteiger partial charge >= 0.3 is 5.97 Å². The standard InChI is InChI=1S/C31H38N2O7S2/c1-20-14-24(26(15-20)31(36)37)18-29(34)27(16-21-8-4-3-5-9-21)32-30(35)28(33-42(2,39)40)19-41(38)25-13-12-22-10-6-7-11-23(22)17-25/h3-13,17,20,24,26-29,33-34H,14-16,18-19H2,1-2H3,(H,32,35)(H,36,37). The fourth-order valence-corrected chi connectivity index (χ4v) is 7.87. The van der Waals surface area contributed by atoms with E-state index in [-0.39, 0.29) is 30.4 Å². The van der Waals surface area contributed by atoms with Gasteiger partial charge in [-0.3, -0.25) is 13.8 Å². The topological polar surface area (TPSA) is 150 Å². The average molecular weight is 615 g/mol. The molecule has 0 bridgehead atoms. The minimum absolute atomic E-state index is 0.173. The summed E-state index contributed by atoms with van der Waals surface area (Å²) in [7, 11) is -5.58. The van der Waals surface area contributed by atoms with Crippen LogP contribution in [0.15, 0.2) is 77.7 Å². The van der Waals surface area contributed by atoms with Gasteiger partial charge in [0, 0.05) is 4.90 Å². The Kier molecular flexibility index (Phi) is 10.5. The van der Waals surface area contributed by atoms with Crippen molar-refractivity contribution >= 4 is 43.5 Å². The molecule has 0 heterocycles.